The number of hydrogen-bond donors (Lipinski definition) is 1. The number of hydrogen-bond acceptors (Lipinski definition) is 5. The number of aromatic nitrogens is 4. The highest BCUT2D eigenvalue weighted by Crippen LogP contribution is 2.23. The van der Waals surface area contributed by atoms with Crippen molar-refractivity contribution in [1.82, 2.24) is 19.6 Å². The van der Waals surface area contributed by atoms with Crippen molar-refractivity contribution in [2.24, 2.45) is 0 Å². The van der Waals surface area contributed by atoms with Crippen LogP contribution in [0.5, 0.6) is 0 Å². The van der Waals surface area contributed by atoms with Crippen LogP contribution in [0.25, 0.3) is 17.2 Å². The zero-order valence-electron chi connectivity index (χ0n) is 11.0. The molecule has 0 radical (unpaired) electrons. The van der Waals surface area contributed by atoms with Crippen molar-refractivity contribution in [2.75, 3.05) is 5.32 Å². The number of carbonyl (C=O) groups excluding carboxylic acids is 1. The SMILES string of the molecule is Cc1nc2cc(NC(=O)C(F)(F)F)nc(-c3ccco3)n2n1. The van der Waals surface area contributed by atoms with Gasteiger partial charge in [-0.1, -0.05) is 0 Å². The molecule has 0 bridgehead atoms. The Bertz CT molecular complexity index is 838. The Labute approximate surface area is 120 Å². The fourth-order valence-corrected chi connectivity index (χ4v) is 1.81. The number of halogens is 3. The van der Waals surface area contributed by atoms with E-state index in [1.165, 1.54) is 16.8 Å². The molecule has 0 aliphatic rings. The predicted molar refractivity (Wildman–Crippen MR) is 67.9 cm³/mol. The fourth-order valence-electron chi connectivity index (χ4n) is 1.81. The van der Waals surface area contributed by atoms with Crippen LogP contribution in [0.1, 0.15) is 5.82 Å². The average molecular weight is 311 g/mol. The van der Waals surface area contributed by atoms with E-state index in [-0.39, 0.29) is 23.0 Å². The van der Waals surface area contributed by atoms with Crippen molar-refractivity contribution in [2.45, 2.75) is 13.1 Å². The summed E-state index contributed by atoms with van der Waals surface area (Å²) in [7, 11) is 0. The van der Waals surface area contributed by atoms with Gasteiger partial charge in [0, 0.05) is 6.07 Å². The second kappa shape index (κ2) is 4.83. The maximum Gasteiger partial charge on any atom is 0.471 e. The number of nitrogens with zero attached hydrogens (tertiary/aromatic N) is 4. The van der Waals surface area contributed by atoms with Crippen LogP contribution in [-0.2, 0) is 4.79 Å². The molecular weight excluding hydrogens is 303 g/mol. The second-order valence-corrected chi connectivity index (χ2v) is 4.32. The summed E-state index contributed by atoms with van der Waals surface area (Å²) in [5.74, 6) is -1.62. The summed E-state index contributed by atoms with van der Waals surface area (Å²) >= 11 is 0. The smallest absolute Gasteiger partial charge is 0.461 e. The van der Waals surface area contributed by atoms with Gasteiger partial charge in [0.15, 0.2) is 11.4 Å². The van der Waals surface area contributed by atoms with Gasteiger partial charge in [0.2, 0.25) is 5.82 Å². The minimum absolute atomic E-state index is 0.126. The van der Waals surface area contributed by atoms with Crippen molar-refractivity contribution in [3.63, 3.8) is 0 Å². The molecule has 0 aliphatic carbocycles. The van der Waals surface area contributed by atoms with Crippen LogP contribution in [0.3, 0.4) is 0 Å². The summed E-state index contributed by atoms with van der Waals surface area (Å²) < 4.78 is 43.5. The van der Waals surface area contributed by atoms with Crippen molar-refractivity contribution in [3.8, 4) is 11.6 Å². The molecule has 3 heterocycles. The van der Waals surface area contributed by atoms with Gasteiger partial charge >= 0.3 is 12.1 Å². The number of amides is 1. The Hall–Kier alpha value is -2.91. The predicted octanol–water partition coefficient (Wildman–Crippen LogP) is 2.19. The highest BCUT2D eigenvalue weighted by molar-refractivity contribution is 5.94. The molecule has 22 heavy (non-hydrogen) atoms. The molecule has 1 amide bonds. The van der Waals surface area contributed by atoms with Crippen LogP contribution in [0.2, 0.25) is 0 Å². The molecule has 0 unspecified atom stereocenters. The standard InChI is InChI=1S/C12H8F3N5O2/c1-6-16-9-5-8(18-11(21)12(13,14)15)17-10(20(9)19-6)7-3-2-4-22-7/h2-5H,1H3,(H,18,21). The lowest BCUT2D eigenvalue weighted by Crippen LogP contribution is -2.30. The number of anilines is 1. The van der Waals surface area contributed by atoms with E-state index < -0.39 is 12.1 Å². The number of nitrogens with one attached hydrogen (secondary N) is 1. The van der Waals surface area contributed by atoms with Gasteiger partial charge in [-0.05, 0) is 19.1 Å². The first kappa shape index (κ1) is 14.0. The Morgan fingerprint density at radius 2 is 2.14 bits per heavy atom. The topological polar surface area (TPSA) is 85.3 Å². The van der Waals surface area contributed by atoms with E-state index in [9.17, 15) is 18.0 Å². The number of fused-ring (bicyclic) bond motifs is 1. The van der Waals surface area contributed by atoms with E-state index in [1.807, 2.05) is 0 Å². The van der Waals surface area contributed by atoms with Gasteiger partial charge in [-0.3, -0.25) is 4.79 Å². The summed E-state index contributed by atoms with van der Waals surface area (Å²) in [5.41, 5.74) is 0.233. The normalized spacial score (nSPS) is 11.8. The van der Waals surface area contributed by atoms with Crippen LogP contribution in [-0.4, -0.2) is 31.7 Å². The molecule has 114 valence electrons. The van der Waals surface area contributed by atoms with Gasteiger partial charge in [-0.2, -0.15) is 17.7 Å². The summed E-state index contributed by atoms with van der Waals surface area (Å²) in [6.45, 7) is 1.62. The molecule has 3 aromatic heterocycles. The molecule has 0 spiro atoms. The summed E-state index contributed by atoms with van der Waals surface area (Å²) in [5, 5.41) is 5.77. The summed E-state index contributed by atoms with van der Waals surface area (Å²) in [6, 6.07) is 4.35. The van der Waals surface area contributed by atoms with Crippen LogP contribution in [0.15, 0.2) is 28.9 Å². The van der Waals surface area contributed by atoms with E-state index >= 15 is 0 Å². The first-order valence-electron chi connectivity index (χ1n) is 6.01. The van der Waals surface area contributed by atoms with Crippen LogP contribution in [0, 0.1) is 6.92 Å². The lowest BCUT2D eigenvalue weighted by Gasteiger charge is -2.08. The fraction of sp³-hybridized carbons (Fsp3) is 0.167. The van der Waals surface area contributed by atoms with E-state index in [0.29, 0.717) is 5.82 Å². The van der Waals surface area contributed by atoms with Crippen molar-refractivity contribution < 1.29 is 22.4 Å². The molecule has 0 atom stereocenters. The molecule has 7 nitrogen and oxygen atoms in total. The van der Waals surface area contributed by atoms with E-state index in [0.717, 1.165) is 0 Å². The lowest BCUT2D eigenvalue weighted by atomic mass is 10.4. The molecule has 1 N–H and O–H groups in total. The maximum atomic E-state index is 12.3. The van der Waals surface area contributed by atoms with Gasteiger partial charge < -0.3 is 9.73 Å². The third kappa shape index (κ3) is 2.50. The number of aryl methyl sites for hydroxylation is 1. The molecule has 3 rings (SSSR count). The molecule has 10 heteroatoms. The largest absolute Gasteiger partial charge is 0.471 e. The second-order valence-electron chi connectivity index (χ2n) is 4.32. The monoisotopic (exact) mass is 311 g/mol. The number of rotatable bonds is 2. The summed E-state index contributed by atoms with van der Waals surface area (Å²) in [4.78, 5) is 19.0. The number of furan rings is 1. The molecular formula is C12H8F3N5O2. The molecule has 3 aromatic rings. The molecule has 0 saturated carbocycles. The lowest BCUT2D eigenvalue weighted by molar-refractivity contribution is -0.167. The first-order valence-corrected chi connectivity index (χ1v) is 6.01. The minimum atomic E-state index is -5.01. The molecule has 0 aromatic carbocycles. The van der Waals surface area contributed by atoms with Gasteiger partial charge in [-0.25, -0.2) is 9.97 Å². The molecule has 0 aliphatic heterocycles. The highest BCUT2D eigenvalue weighted by Gasteiger charge is 2.39. The highest BCUT2D eigenvalue weighted by atomic mass is 19.4. The molecule has 0 saturated heterocycles. The molecule has 0 fully saturated rings. The zero-order valence-corrected chi connectivity index (χ0v) is 11.0. The van der Waals surface area contributed by atoms with Crippen LogP contribution in [0.4, 0.5) is 19.0 Å². The summed E-state index contributed by atoms with van der Waals surface area (Å²) in [6.07, 6.45) is -3.63. The number of carbonyl (C=O) groups is 1. The third-order valence-electron chi connectivity index (χ3n) is 2.67. The van der Waals surface area contributed by atoms with Gasteiger partial charge in [-0.15, -0.1) is 5.10 Å². The van der Waals surface area contributed by atoms with Gasteiger partial charge in [0.05, 0.1) is 6.26 Å². The minimum Gasteiger partial charge on any atom is -0.461 e. The Morgan fingerprint density at radius 3 is 2.77 bits per heavy atom. The van der Waals surface area contributed by atoms with Crippen molar-refractivity contribution in [3.05, 3.63) is 30.3 Å². The number of alkyl halides is 3. The maximum absolute atomic E-state index is 12.3. The van der Waals surface area contributed by atoms with Crippen molar-refractivity contribution >= 4 is 17.4 Å². The first-order chi connectivity index (χ1) is 10.3. The van der Waals surface area contributed by atoms with Crippen molar-refractivity contribution in [1.29, 1.82) is 0 Å². The Kier molecular flexibility index (Phi) is 3.08. The van der Waals surface area contributed by atoms with Crippen LogP contribution < -0.4 is 5.32 Å². The third-order valence-corrected chi connectivity index (χ3v) is 2.67. The van der Waals surface area contributed by atoms with E-state index in [4.69, 9.17) is 4.42 Å². The van der Waals surface area contributed by atoms with Crippen LogP contribution >= 0.6 is 0 Å². The zero-order chi connectivity index (χ0) is 15.9. The average Bonchev–Trinajstić information content (AvgIpc) is 3.04. The van der Waals surface area contributed by atoms with Gasteiger partial charge in [0.25, 0.3) is 0 Å². The quantitative estimate of drug-likeness (QED) is 0.784. The van der Waals surface area contributed by atoms with Gasteiger partial charge in [0.1, 0.15) is 11.6 Å². The Morgan fingerprint density at radius 1 is 1.36 bits per heavy atom. The van der Waals surface area contributed by atoms with E-state index in [2.05, 4.69) is 15.1 Å². The Balaban J connectivity index is 2.11. The van der Waals surface area contributed by atoms with E-state index in [1.54, 1.807) is 24.4 Å².